The molecule has 0 bridgehead atoms. The van der Waals surface area contributed by atoms with Gasteiger partial charge >= 0.3 is 6.01 Å². The number of imidazole rings is 1. The van der Waals surface area contributed by atoms with Crippen molar-refractivity contribution < 1.29 is 9.21 Å². The molecule has 0 aliphatic carbocycles. The molecular formula is C20H20N4O2. The molecule has 0 spiro atoms. The van der Waals surface area contributed by atoms with Crippen LogP contribution in [0.3, 0.4) is 0 Å². The number of pyridine rings is 1. The Hall–Kier alpha value is -3.15. The van der Waals surface area contributed by atoms with Gasteiger partial charge in [0.05, 0.1) is 5.69 Å². The van der Waals surface area contributed by atoms with Gasteiger partial charge in [-0.15, -0.1) is 0 Å². The lowest BCUT2D eigenvalue weighted by Gasteiger charge is -1.98. The molecule has 6 nitrogen and oxygen atoms in total. The third-order valence-corrected chi connectivity index (χ3v) is 4.36. The van der Waals surface area contributed by atoms with Crippen molar-refractivity contribution in [2.45, 2.75) is 33.1 Å². The van der Waals surface area contributed by atoms with E-state index in [4.69, 9.17) is 4.42 Å². The highest BCUT2D eigenvalue weighted by molar-refractivity contribution is 5.89. The van der Waals surface area contributed by atoms with E-state index in [0.29, 0.717) is 12.0 Å². The van der Waals surface area contributed by atoms with Crippen LogP contribution in [0.25, 0.3) is 16.7 Å². The lowest BCUT2D eigenvalue weighted by atomic mass is 10.1. The molecule has 6 heteroatoms. The second-order valence-corrected chi connectivity index (χ2v) is 6.42. The third-order valence-electron chi connectivity index (χ3n) is 4.36. The van der Waals surface area contributed by atoms with E-state index in [0.717, 1.165) is 35.3 Å². The van der Waals surface area contributed by atoms with Crippen LogP contribution < -0.4 is 5.32 Å². The molecule has 4 aromatic rings. The number of hydrogen-bond acceptors (Lipinski definition) is 4. The highest BCUT2D eigenvalue weighted by Gasteiger charge is 2.09. The summed E-state index contributed by atoms with van der Waals surface area (Å²) in [6.45, 7) is 3.86. The molecule has 1 aromatic carbocycles. The molecule has 26 heavy (non-hydrogen) atoms. The monoisotopic (exact) mass is 348 g/mol. The number of anilines is 1. The summed E-state index contributed by atoms with van der Waals surface area (Å²) in [6.07, 6.45) is 6.20. The standard InChI is InChI=1S/C20H20N4O2/c1-3-19(25)23-20-22-16-7-5-14(11-17(16)26-20)4-6-15-12-24-9-8-13(2)10-18(24)21-15/h5,7-12H,3-4,6H2,1-2H3,(H,22,23,25). The van der Waals surface area contributed by atoms with Crippen LogP contribution in [0.1, 0.15) is 30.2 Å². The Morgan fingerprint density at radius 1 is 1.19 bits per heavy atom. The van der Waals surface area contributed by atoms with E-state index in [9.17, 15) is 4.79 Å². The first kappa shape index (κ1) is 16.3. The fourth-order valence-electron chi connectivity index (χ4n) is 2.91. The van der Waals surface area contributed by atoms with Crippen LogP contribution >= 0.6 is 0 Å². The van der Waals surface area contributed by atoms with Crippen LogP contribution in [0.2, 0.25) is 0 Å². The number of aryl methyl sites for hydroxylation is 3. The van der Waals surface area contributed by atoms with E-state index in [2.05, 4.69) is 40.5 Å². The number of carbonyl (C=O) groups excluding carboxylic acids is 1. The Bertz CT molecular complexity index is 1090. The first-order valence-corrected chi connectivity index (χ1v) is 8.74. The minimum atomic E-state index is -0.112. The number of hydrogen-bond donors (Lipinski definition) is 1. The van der Waals surface area contributed by atoms with Crippen molar-refractivity contribution in [1.29, 1.82) is 0 Å². The molecule has 3 heterocycles. The summed E-state index contributed by atoms with van der Waals surface area (Å²) >= 11 is 0. The zero-order valence-corrected chi connectivity index (χ0v) is 14.8. The van der Waals surface area contributed by atoms with Crippen molar-refractivity contribution in [3.8, 4) is 0 Å². The number of benzene rings is 1. The average Bonchev–Trinajstić information content (AvgIpc) is 3.21. The molecular weight excluding hydrogens is 328 g/mol. The summed E-state index contributed by atoms with van der Waals surface area (Å²) in [5.74, 6) is -0.112. The Kier molecular flexibility index (Phi) is 4.16. The number of fused-ring (bicyclic) bond motifs is 2. The SMILES string of the molecule is CCC(=O)Nc1nc2ccc(CCc3cn4ccc(C)cc4n3)cc2o1. The zero-order chi connectivity index (χ0) is 18.1. The molecule has 0 aliphatic rings. The summed E-state index contributed by atoms with van der Waals surface area (Å²) in [6, 6.07) is 10.3. The van der Waals surface area contributed by atoms with Crippen molar-refractivity contribution in [2.24, 2.45) is 0 Å². The molecule has 0 unspecified atom stereocenters. The maximum Gasteiger partial charge on any atom is 0.302 e. The number of oxazole rings is 1. The molecule has 1 N–H and O–H groups in total. The van der Waals surface area contributed by atoms with Gasteiger partial charge in [0.15, 0.2) is 5.58 Å². The molecule has 0 saturated heterocycles. The maximum absolute atomic E-state index is 11.5. The van der Waals surface area contributed by atoms with E-state index in [1.807, 2.05) is 28.8 Å². The zero-order valence-electron chi connectivity index (χ0n) is 14.8. The van der Waals surface area contributed by atoms with Gasteiger partial charge in [-0.3, -0.25) is 10.1 Å². The van der Waals surface area contributed by atoms with Gasteiger partial charge in [-0.1, -0.05) is 13.0 Å². The van der Waals surface area contributed by atoms with Gasteiger partial charge < -0.3 is 8.82 Å². The molecule has 1 amide bonds. The fourth-order valence-corrected chi connectivity index (χ4v) is 2.91. The van der Waals surface area contributed by atoms with Gasteiger partial charge in [0.25, 0.3) is 0 Å². The van der Waals surface area contributed by atoms with E-state index in [-0.39, 0.29) is 11.9 Å². The molecule has 132 valence electrons. The van der Waals surface area contributed by atoms with Gasteiger partial charge in [0.2, 0.25) is 5.91 Å². The highest BCUT2D eigenvalue weighted by atomic mass is 16.4. The predicted octanol–water partition coefficient (Wildman–Crippen LogP) is 3.92. The minimum Gasteiger partial charge on any atom is -0.423 e. The molecule has 0 fully saturated rings. The largest absolute Gasteiger partial charge is 0.423 e. The first-order valence-electron chi connectivity index (χ1n) is 8.74. The molecule has 0 aliphatic heterocycles. The molecule has 0 atom stereocenters. The molecule has 0 saturated carbocycles. The van der Waals surface area contributed by atoms with Crippen molar-refractivity contribution in [3.63, 3.8) is 0 Å². The first-order chi connectivity index (χ1) is 12.6. The van der Waals surface area contributed by atoms with Crippen molar-refractivity contribution >= 4 is 28.7 Å². The van der Waals surface area contributed by atoms with E-state index >= 15 is 0 Å². The second kappa shape index (κ2) is 6.63. The number of aromatic nitrogens is 3. The summed E-state index contributed by atoms with van der Waals surface area (Å²) < 4.78 is 7.68. The normalized spacial score (nSPS) is 11.3. The van der Waals surface area contributed by atoms with Crippen molar-refractivity contribution in [3.05, 3.63) is 59.5 Å². The van der Waals surface area contributed by atoms with Gasteiger partial charge in [0.1, 0.15) is 11.2 Å². The van der Waals surface area contributed by atoms with Crippen LogP contribution in [-0.4, -0.2) is 20.3 Å². The summed E-state index contributed by atoms with van der Waals surface area (Å²) in [4.78, 5) is 20.4. The Labute approximate surface area is 150 Å². The minimum absolute atomic E-state index is 0.112. The number of amides is 1. The summed E-state index contributed by atoms with van der Waals surface area (Å²) in [5, 5.41) is 2.65. The Balaban J connectivity index is 1.50. The lowest BCUT2D eigenvalue weighted by Crippen LogP contribution is -2.09. The Morgan fingerprint density at radius 2 is 2.08 bits per heavy atom. The molecule has 0 radical (unpaired) electrons. The topological polar surface area (TPSA) is 72.4 Å². The maximum atomic E-state index is 11.5. The van der Waals surface area contributed by atoms with E-state index in [1.54, 1.807) is 6.92 Å². The van der Waals surface area contributed by atoms with Crippen molar-refractivity contribution in [2.75, 3.05) is 5.32 Å². The number of carbonyl (C=O) groups is 1. The lowest BCUT2D eigenvalue weighted by molar-refractivity contribution is -0.116. The number of nitrogens with one attached hydrogen (secondary N) is 1. The third kappa shape index (κ3) is 3.31. The Morgan fingerprint density at radius 3 is 2.92 bits per heavy atom. The predicted molar refractivity (Wildman–Crippen MR) is 100 cm³/mol. The quantitative estimate of drug-likeness (QED) is 0.593. The van der Waals surface area contributed by atoms with Crippen LogP contribution in [0.5, 0.6) is 0 Å². The number of rotatable bonds is 5. The van der Waals surface area contributed by atoms with E-state index in [1.165, 1.54) is 5.56 Å². The van der Waals surface area contributed by atoms with Crippen LogP contribution in [0.15, 0.2) is 47.1 Å². The average molecular weight is 348 g/mol. The van der Waals surface area contributed by atoms with Gasteiger partial charge in [0, 0.05) is 18.8 Å². The van der Waals surface area contributed by atoms with E-state index < -0.39 is 0 Å². The number of nitrogens with zero attached hydrogens (tertiary/aromatic N) is 3. The van der Waals surface area contributed by atoms with Crippen LogP contribution in [0, 0.1) is 6.92 Å². The smallest absolute Gasteiger partial charge is 0.302 e. The van der Waals surface area contributed by atoms with Gasteiger partial charge in [-0.05, 0) is 55.2 Å². The summed E-state index contributed by atoms with van der Waals surface area (Å²) in [7, 11) is 0. The summed E-state index contributed by atoms with van der Waals surface area (Å²) in [5.41, 5.74) is 5.81. The van der Waals surface area contributed by atoms with Crippen LogP contribution in [-0.2, 0) is 17.6 Å². The molecule has 4 rings (SSSR count). The highest BCUT2D eigenvalue weighted by Crippen LogP contribution is 2.21. The van der Waals surface area contributed by atoms with Gasteiger partial charge in [-0.25, -0.2) is 4.98 Å². The molecule has 3 aromatic heterocycles. The van der Waals surface area contributed by atoms with Gasteiger partial charge in [-0.2, -0.15) is 4.98 Å². The fraction of sp³-hybridized carbons (Fsp3) is 0.250. The second-order valence-electron chi connectivity index (χ2n) is 6.42. The van der Waals surface area contributed by atoms with Crippen molar-refractivity contribution in [1.82, 2.24) is 14.4 Å². The van der Waals surface area contributed by atoms with Crippen LogP contribution in [0.4, 0.5) is 6.01 Å².